The van der Waals surface area contributed by atoms with Gasteiger partial charge in [0.05, 0.1) is 6.07 Å². The van der Waals surface area contributed by atoms with Gasteiger partial charge in [0.2, 0.25) is 4.87 Å². The van der Waals surface area contributed by atoms with Gasteiger partial charge in [-0.15, -0.1) is 0 Å². The number of nitro groups is 1. The summed E-state index contributed by atoms with van der Waals surface area (Å²) in [6, 6.07) is 0.0202. The summed E-state index contributed by atoms with van der Waals surface area (Å²) >= 11 is 5.59. The zero-order valence-corrected chi connectivity index (χ0v) is 7.03. The fourth-order valence-corrected chi connectivity index (χ4v) is 1.15. The maximum atomic E-state index is 12.6. The Kier molecular flexibility index (Phi) is 2.34. The molecule has 0 fully saturated rings. The van der Waals surface area contributed by atoms with Gasteiger partial charge in [0, 0.05) is 11.0 Å². The summed E-state index contributed by atoms with van der Waals surface area (Å²) in [5, 5.41) is 19.0. The number of halogens is 2. The molecule has 0 aromatic heterocycles. The van der Waals surface area contributed by atoms with Crippen LogP contribution in [-0.4, -0.2) is 15.8 Å². The fraction of sp³-hybridized carbons (Fsp3) is 0.286. The molecule has 0 saturated heterocycles. The molecule has 0 bridgehead atoms. The summed E-state index contributed by atoms with van der Waals surface area (Å²) in [6.07, 6.45) is 2.64. The molecule has 1 aliphatic rings. The Morgan fingerprint density at radius 3 is 2.92 bits per heavy atom. The number of nitriles is 1. The van der Waals surface area contributed by atoms with Gasteiger partial charge < -0.3 is 0 Å². The van der Waals surface area contributed by atoms with Crippen molar-refractivity contribution >= 4 is 11.6 Å². The van der Waals surface area contributed by atoms with E-state index >= 15 is 0 Å². The molecule has 13 heavy (non-hydrogen) atoms. The average Bonchev–Trinajstić information content (AvgIpc) is 2.09. The minimum Gasteiger partial charge on any atom is -0.264 e. The van der Waals surface area contributed by atoms with Crippen LogP contribution in [0.5, 0.6) is 0 Å². The van der Waals surface area contributed by atoms with E-state index in [1.165, 1.54) is 0 Å². The van der Waals surface area contributed by atoms with Crippen molar-refractivity contribution in [2.45, 2.75) is 10.9 Å². The molecule has 0 aromatic carbocycles. The summed E-state index contributed by atoms with van der Waals surface area (Å²) in [5.41, 5.74) is 0. The van der Waals surface area contributed by atoms with Crippen molar-refractivity contribution in [2.24, 2.45) is 0 Å². The summed E-state index contributed by atoms with van der Waals surface area (Å²) in [5.74, 6) is -0.756. The molecule has 1 rings (SSSR count). The van der Waals surface area contributed by atoms with Crippen molar-refractivity contribution in [3.8, 4) is 6.07 Å². The SMILES string of the molecule is N#CC1(Cl)C=CC(F)=CC1[N+](=O)[O-]. The topological polar surface area (TPSA) is 66.9 Å². The van der Waals surface area contributed by atoms with Crippen molar-refractivity contribution in [1.82, 2.24) is 0 Å². The number of allylic oxidation sites excluding steroid dienone is 2. The van der Waals surface area contributed by atoms with Gasteiger partial charge in [0.15, 0.2) is 0 Å². The number of hydrogen-bond acceptors (Lipinski definition) is 3. The van der Waals surface area contributed by atoms with E-state index in [0.29, 0.717) is 0 Å². The van der Waals surface area contributed by atoms with Crippen LogP contribution in [0.25, 0.3) is 0 Å². The molecule has 4 nitrogen and oxygen atoms in total. The largest absolute Gasteiger partial charge is 0.269 e. The molecule has 68 valence electrons. The second-order valence-electron chi connectivity index (χ2n) is 2.49. The molecule has 0 N–H and O–H groups in total. The Hall–Kier alpha value is -1.41. The van der Waals surface area contributed by atoms with Crippen LogP contribution in [0.2, 0.25) is 0 Å². The molecule has 6 heteroatoms. The molecular weight excluding hydrogens is 199 g/mol. The van der Waals surface area contributed by atoms with Crippen LogP contribution in [0, 0.1) is 21.4 Å². The highest BCUT2D eigenvalue weighted by Gasteiger charge is 2.44. The number of rotatable bonds is 1. The van der Waals surface area contributed by atoms with E-state index in [1.807, 2.05) is 0 Å². The summed E-state index contributed by atoms with van der Waals surface area (Å²) in [7, 11) is 0. The average molecular weight is 203 g/mol. The highest BCUT2D eigenvalue weighted by Crippen LogP contribution is 2.29. The predicted octanol–water partition coefficient (Wildman–Crippen LogP) is 1.56. The molecule has 0 aliphatic heterocycles. The minimum absolute atomic E-state index is 0.718. The van der Waals surface area contributed by atoms with E-state index in [-0.39, 0.29) is 0 Å². The maximum absolute atomic E-state index is 12.6. The third-order valence-corrected chi connectivity index (χ3v) is 2.07. The smallest absolute Gasteiger partial charge is 0.264 e. The predicted molar refractivity (Wildman–Crippen MR) is 43.3 cm³/mol. The zero-order valence-electron chi connectivity index (χ0n) is 6.28. The van der Waals surface area contributed by atoms with Crippen molar-refractivity contribution in [1.29, 1.82) is 5.26 Å². The summed E-state index contributed by atoms with van der Waals surface area (Å²) in [4.78, 5) is 7.83. The minimum atomic E-state index is -1.78. The second-order valence-corrected chi connectivity index (χ2v) is 3.12. The van der Waals surface area contributed by atoms with E-state index in [9.17, 15) is 14.5 Å². The van der Waals surface area contributed by atoms with Gasteiger partial charge in [-0.25, -0.2) is 4.39 Å². The Morgan fingerprint density at radius 2 is 2.46 bits per heavy atom. The number of alkyl halides is 1. The lowest BCUT2D eigenvalue weighted by atomic mass is 9.96. The van der Waals surface area contributed by atoms with Crippen LogP contribution in [-0.2, 0) is 0 Å². The maximum Gasteiger partial charge on any atom is 0.269 e. The molecule has 0 amide bonds. The van der Waals surface area contributed by atoms with Gasteiger partial charge in [-0.05, 0) is 12.2 Å². The van der Waals surface area contributed by atoms with Gasteiger partial charge in [-0.1, -0.05) is 11.6 Å². The summed E-state index contributed by atoms with van der Waals surface area (Å²) < 4.78 is 12.6. The first-order chi connectivity index (χ1) is 5.99. The third kappa shape index (κ3) is 1.68. The van der Waals surface area contributed by atoms with E-state index < -0.39 is 21.7 Å². The third-order valence-electron chi connectivity index (χ3n) is 1.63. The van der Waals surface area contributed by atoms with Crippen LogP contribution >= 0.6 is 11.6 Å². The molecule has 2 atom stereocenters. The molecule has 0 heterocycles. The number of nitrogens with zero attached hydrogens (tertiary/aromatic N) is 2. The Balaban J connectivity index is 3.10. The van der Waals surface area contributed by atoms with Crippen LogP contribution < -0.4 is 0 Å². The zero-order chi connectivity index (χ0) is 10.1. The van der Waals surface area contributed by atoms with Gasteiger partial charge >= 0.3 is 0 Å². The standard InChI is InChI=1S/C7H4ClFN2O2/c8-7(4-10)2-1-5(9)3-6(7)11(12)13/h1-3,6H. The van der Waals surface area contributed by atoms with Crippen LogP contribution in [0.3, 0.4) is 0 Å². The Labute approximate surface area is 78.1 Å². The first-order valence-corrected chi connectivity index (χ1v) is 3.67. The van der Waals surface area contributed by atoms with Crippen LogP contribution in [0.4, 0.5) is 4.39 Å². The first kappa shape index (κ1) is 9.68. The lowest BCUT2D eigenvalue weighted by Crippen LogP contribution is -2.39. The number of hydrogen-bond donors (Lipinski definition) is 0. The van der Waals surface area contributed by atoms with Crippen molar-refractivity contribution in [3.05, 3.63) is 34.2 Å². The van der Waals surface area contributed by atoms with E-state index in [0.717, 1.165) is 18.2 Å². The fourth-order valence-electron chi connectivity index (χ4n) is 0.945. The van der Waals surface area contributed by atoms with E-state index in [1.54, 1.807) is 6.07 Å². The Morgan fingerprint density at radius 1 is 1.85 bits per heavy atom. The van der Waals surface area contributed by atoms with Crippen LogP contribution in [0.1, 0.15) is 0 Å². The lowest BCUT2D eigenvalue weighted by Gasteiger charge is -2.19. The highest BCUT2D eigenvalue weighted by atomic mass is 35.5. The molecule has 2 unspecified atom stereocenters. The molecule has 0 spiro atoms. The molecular formula is C7H4ClFN2O2. The highest BCUT2D eigenvalue weighted by molar-refractivity contribution is 6.28. The van der Waals surface area contributed by atoms with Crippen molar-refractivity contribution in [2.75, 3.05) is 0 Å². The monoisotopic (exact) mass is 202 g/mol. The van der Waals surface area contributed by atoms with Crippen molar-refractivity contribution in [3.63, 3.8) is 0 Å². The van der Waals surface area contributed by atoms with E-state index in [4.69, 9.17) is 16.9 Å². The van der Waals surface area contributed by atoms with Crippen molar-refractivity contribution < 1.29 is 9.31 Å². The summed E-state index contributed by atoms with van der Waals surface area (Å²) in [6.45, 7) is 0. The van der Waals surface area contributed by atoms with Crippen LogP contribution in [0.15, 0.2) is 24.1 Å². The van der Waals surface area contributed by atoms with E-state index in [2.05, 4.69) is 0 Å². The quantitative estimate of drug-likeness (QED) is 0.368. The Bertz CT molecular complexity index is 347. The molecule has 0 radical (unpaired) electrons. The lowest BCUT2D eigenvalue weighted by molar-refractivity contribution is -0.511. The normalized spacial score (nSPS) is 32.1. The van der Waals surface area contributed by atoms with Gasteiger partial charge in [-0.2, -0.15) is 5.26 Å². The molecule has 1 aliphatic carbocycles. The molecule has 0 aromatic rings. The van der Waals surface area contributed by atoms with Gasteiger partial charge in [0.1, 0.15) is 5.83 Å². The van der Waals surface area contributed by atoms with Gasteiger partial charge in [0.25, 0.3) is 6.04 Å². The van der Waals surface area contributed by atoms with Gasteiger partial charge in [-0.3, -0.25) is 10.1 Å². The second kappa shape index (κ2) is 3.15. The first-order valence-electron chi connectivity index (χ1n) is 3.30. The molecule has 0 saturated carbocycles.